The third-order valence-corrected chi connectivity index (χ3v) is 6.21. The van der Waals surface area contributed by atoms with Gasteiger partial charge in [-0.15, -0.1) is 0 Å². The first-order valence-corrected chi connectivity index (χ1v) is 11.7. The Bertz CT molecular complexity index is 1430. The second-order valence-corrected chi connectivity index (χ2v) is 9.73. The van der Waals surface area contributed by atoms with Gasteiger partial charge in [0.2, 0.25) is 0 Å². The molecule has 35 heavy (non-hydrogen) atoms. The molecule has 2 aromatic heterocycles. The zero-order valence-electron chi connectivity index (χ0n) is 20.3. The van der Waals surface area contributed by atoms with Crippen molar-refractivity contribution in [1.29, 1.82) is 0 Å². The Morgan fingerprint density at radius 2 is 1.80 bits per heavy atom. The number of fused-ring (bicyclic) bond motifs is 3. The Kier molecular flexibility index (Phi) is 5.55. The van der Waals surface area contributed by atoms with E-state index in [1.165, 1.54) is 0 Å². The van der Waals surface area contributed by atoms with E-state index in [0.717, 1.165) is 22.2 Å². The SMILES string of the molecule is CC(C)OC(=O)C1=CN(C(=O)c2ccc(-n3cccn3)cc2)CC(C)(C)c2c1[nH]c1ccccc21. The molecule has 0 saturated carbocycles. The number of nitrogens with zero attached hydrogens (tertiary/aromatic N) is 3. The first-order valence-electron chi connectivity index (χ1n) is 11.7. The third-order valence-electron chi connectivity index (χ3n) is 6.21. The molecule has 0 atom stereocenters. The summed E-state index contributed by atoms with van der Waals surface area (Å²) in [4.78, 5) is 31.9. The van der Waals surface area contributed by atoms with Crippen LogP contribution in [0.3, 0.4) is 0 Å². The van der Waals surface area contributed by atoms with E-state index in [0.29, 0.717) is 23.4 Å². The predicted octanol–water partition coefficient (Wildman–Crippen LogP) is 5.08. The second-order valence-electron chi connectivity index (χ2n) is 9.73. The Hall–Kier alpha value is -4.13. The first-order chi connectivity index (χ1) is 16.7. The van der Waals surface area contributed by atoms with Crippen LogP contribution in [0, 0.1) is 0 Å². The van der Waals surface area contributed by atoms with Crippen molar-refractivity contribution in [3.05, 3.63) is 90.0 Å². The van der Waals surface area contributed by atoms with Crippen molar-refractivity contribution in [2.75, 3.05) is 6.54 Å². The van der Waals surface area contributed by atoms with E-state index < -0.39 is 11.4 Å². The molecule has 0 saturated heterocycles. The molecular formula is C28H28N4O3. The lowest BCUT2D eigenvalue weighted by Crippen LogP contribution is -2.37. The number of aromatic nitrogens is 3. The van der Waals surface area contributed by atoms with Crippen LogP contribution < -0.4 is 0 Å². The second kappa shape index (κ2) is 8.58. The molecule has 0 aliphatic carbocycles. The molecule has 7 nitrogen and oxygen atoms in total. The van der Waals surface area contributed by atoms with Crippen LogP contribution in [-0.2, 0) is 14.9 Å². The number of amides is 1. The number of esters is 1. The summed E-state index contributed by atoms with van der Waals surface area (Å²) in [5.74, 6) is -0.647. The molecule has 3 heterocycles. The molecule has 0 bridgehead atoms. The van der Waals surface area contributed by atoms with Gasteiger partial charge in [-0.2, -0.15) is 5.10 Å². The van der Waals surface area contributed by atoms with Gasteiger partial charge in [0, 0.05) is 47.0 Å². The van der Waals surface area contributed by atoms with Crippen molar-refractivity contribution < 1.29 is 14.3 Å². The fraction of sp³-hybridized carbons (Fsp3) is 0.250. The van der Waals surface area contributed by atoms with E-state index in [9.17, 15) is 9.59 Å². The number of hydrogen-bond donors (Lipinski definition) is 1. The molecule has 1 amide bonds. The summed E-state index contributed by atoms with van der Waals surface area (Å²) in [7, 11) is 0. The number of aromatic amines is 1. The fourth-order valence-electron chi connectivity index (χ4n) is 4.72. The van der Waals surface area contributed by atoms with Crippen LogP contribution in [0.1, 0.15) is 49.3 Å². The largest absolute Gasteiger partial charge is 0.459 e. The van der Waals surface area contributed by atoms with E-state index in [4.69, 9.17) is 4.74 Å². The quantitative estimate of drug-likeness (QED) is 0.424. The highest BCUT2D eigenvalue weighted by Crippen LogP contribution is 2.40. The zero-order chi connectivity index (χ0) is 24.7. The lowest BCUT2D eigenvalue weighted by molar-refractivity contribution is -0.140. The van der Waals surface area contributed by atoms with Crippen molar-refractivity contribution in [3.63, 3.8) is 0 Å². The summed E-state index contributed by atoms with van der Waals surface area (Å²) in [5, 5.41) is 5.27. The van der Waals surface area contributed by atoms with Gasteiger partial charge >= 0.3 is 5.97 Å². The van der Waals surface area contributed by atoms with Crippen molar-refractivity contribution in [2.45, 2.75) is 39.2 Å². The van der Waals surface area contributed by atoms with E-state index >= 15 is 0 Å². The minimum Gasteiger partial charge on any atom is -0.459 e. The smallest absolute Gasteiger partial charge is 0.342 e. The Balaban J connectivity index is 1.59. The van der Waals surface area contributed by atoms with Crippen LogP contribution in [0.15, 0.2) is 73.2 Å². The Morgan fingerprint density at radius 1 is 1.06 bits per heavy atom. The number of ether oxygens (including phenoxy) is 1. The number of carbonyl (C=O) groups excluding carboxylic acids is 2. The topological polar surface area (TPSA) is 80.2 Å². The normalized spacial score (nSPS) is 15.0. The Morgan fingerprint density at radius 3 is 2.49 bits per heavy atom. The number of carbonyl (C=O) groups is 2. The van der Waals surface area contributed by atoms with Crippen LogP contribution in [-0.4, -0.2) is 44.2 Å². The maximum atomic E-state index is 13.7. The average Bonchev–Trinajstić information content (AvgIpc) is 3.47. The van der Waals surface area contributed by atoms with Crippen molar-refractivity contribution in [3.8, 4) is 5.69 Å². The van der Waals surface area contributed by atoms with Gasteiger partial charge in [0.15, 0.2) is 0 Å². The molecule has 0 radical (unpaired) electrons. The van der Waals surface area contributed by atoms with Crippen LogP contribution in [0.25, 0.3) is 22.2 Å². The van der Waals surface area contributed by atoms with Gasteiger partial charge in [-0.1, -0.05) is 32.0 Å². The molecule has 0 fully saturated rings. The summed E-state index contributed by atoms with van der Waals surface area (Å²) in [6, 6.07) is 17.1. The predicted molar refractivity (Wildman–Crippen MR) is 135 cm³/mol. The number of para-hydroxylation sites is 1. The number of benzene rings is 2. The summed E-state index contributed by atoms with van der Waals surface area (Å²) in [6.07, 6.45) is 4.91. The van der Waals surface area contributed by atoms with E-state index in [2.05, 4.69) is 23.9 Å². The molecular weight excluding hydrogens is 440 g/mol. The van der Waals surface area contributed by atoms with Crippen molar-refractivity contribution >= 4 is 28.4 Å². The zero-order valence-corrected chi connectivity index (χ0v) is 20.3. The third kappa shape index (κ3) is 4.14. The molecule has 0 spiro atoms. The molecule has 5 rings (SSSR count). The van der Waals surface area contributed by atoms with E-state index in [1.807, 2.05) is 62.5 Å². The number of H-pyrrole nitrogens is 1. The molecule has 1 aliphatic heterocycles. The van der Waals surface area contributed by atoms with Crippen molar-refractivity contribution in [2.24, 2.45) is 0 Å². The van der Waals surface area contributed by atoms with Crippen LogP contribution in [0.5, 0.6) is 0 Å². The molecule has 1 N–H and O–H groups in total. The van der Waals surface area contributed by atoms with Gasteiger partial charge in [-0.3, -0.25) is 4.79 Å². The first kappa shape index (κ1) is 22.7. The minimum absolute atomic E-state index is 0.186. The van der Waals surface area contributed by atoms with E-state index in [1.54, 1.807) is 34.1 Å². The number of nitrogens with one attached hydrogen (secondary N) is 1. The monoisotopic (exact) mass is 468 g/mol. The van der Waals surface area contributed by atoms with Crippen LogP contribution in [0.2, 0.25) is 0 Å². The van der Waals surface area contributed by atoms with Gasteiger partial charge in [-0.25, -0.2) is 9.48 Å². The van der Waals surface area contributed by atoms with Crippen molar-refractivity contribution in [1.82, 2.24) is 19.7 Å². The van der Waals surface area contributed by atoms with E-state index in [-0.39, 0.29) is 12.0 Å². The van der Waals surface area contributed by atoms with Gasteiger partial charge in [0.05, 0.1) is 23.1 Å². The molecule has 4 aromatic rings. The van der Waals surface area contributed by atoms with Gasteiger partial charge in [0.25, 0.3) is 5.91 Å². The maximum absolute atomic E-state index is 13.7. The summed E-state index contributed by atoms with van der Waals surface area (Å²) in [5.41, 5.74) is 3.95. The standard InChI is InChI=1S/C28H28N4O3/c1-18(2)35-27(34)22-16-31(26(33)19-10-12-20(13-11-19)32-15-7-14-29-32)17-28(3,4)24-21-8-5-6-9-23(21)30-25(22)24/h5-16,18,30H,17H2,1-4H3. The summed E-state index contributed by atoms with van der Waals surface area (Å²) in [6.45, 7) is 8.22. The van der Waals surface area contributed by atoms with Gasteiger partial charge < -0.3 is 14.6 Å². The van der Waals surface area contributed by atoms with Gasteiger partial charge in [-0.05, 0) is 55.8 Å². The lowest BCUT2D eigenvalue weighted by Gasteiger charge is -2.29. The summed E-state index contributed by atoms with van der Waals surface area (Å²) >= 11 is 0. The highest BCUT2D eigenvalue weighted by Gasteiger charge is 2.37. The highest BCUT2D eigenvalue weighted by atomic mass is 16.5. The Labute approximate surface area is 204 Å². The average molecular weight is 469 g/mol. The molecule has 1 aliphatic rings. The fourth-order valence-corrected chi connectivity index (χ4v) is 4.72. The van der Waals surface area contributed by atoms with Crippen LogP contribution in [0.4, 0.5) is 0 Å². The van der Waals surface area contributed by atoms with Crippen LogP contribution >= 0.6 is 0 Å². The molecule has 7 heteroatoms. The highest BCUT2D eigenvalue weighted by molar-refractivity contribution is 6.18. The number of hydrogen-bond acceptors (Lipinski definition) is 4. The lowest BCUT2D eigenvalue weighted by atomic mass is 9.81. The summed E-state index contributed by atoms with van der Waals surface area (Å²) < 4.78 is 7.32. The molecule has 2 aromatic carbocycles. The minimum atomic E-state index is -0.461. The molecule has 178 valence electrons. The number of rotatable bonds is 4. The van der Waals surface area contributed by atoms with Gasteiger partial charge in [0.1, 0.15) is 0 Å². The maximum Gasteiger partial charge on any atom is 0.342 e. The molecule has 0 unspecified atom stereocenters.